The van der Waals surface area contributed by atoms with Crippen LogP contribution in [0.25, 0.3) is 0 Å². The minimum absolute atomic E-state index is 0.103. The Hall–Kier alpha value is -3.02. The fraction of sp³-hybridized carbons (Fsp3) is 0.391. The summed E-state index contributed by atoms with van der Waals surface area (Å²) in [5.74, 6) is 0.843. The Morgan fingerprint density at radius 3 is 2.31 bits per heavy atom. The van der Waals surface area contributed by atoms with E-state index in [4.69, 9.17) is 9.47 Å². The molecule has 0 spiro atoms. The lowest BCUT2D eigenvalue weighted by molar-refractivity contribution is -0.117. The summed E-state index contributed by atoms with van der Waals surface area (Å²) in [5.41, 5.74) is 2.30. The maximum absolute atomic E-state index is 12.6. The SMILES string of the molecule is COc1ccc(OC)c(NC(=O)CCN(C(C)=O)c2ccccc2C(C)(C)C)c1. The molecule has 0 aromatic heterocycles. The van der Waals surface area contributed by atoms with Crippen molar-refractivity contribution in [3.05, 3.63) is 48.0 Å². The number of benzene rings is 2. The van der Waals surface area contributed by atoms with E-state index in [1.54, 1.807) is 37.3 Å². The van der Waals surface area contributed by atoms with Crippen LogP contribution in [0.5, 0.6) is 11.5 Å². The first-order valence-electron chi connectivity index (χ1n) is 9.57. The molecule has 0 aliphatic rings. The highest BCUT2D eigenvalue weighted by Gasteiger charge is 2.23. The zero-order valence-electron chi connectivity index (χ0n) is 18.0. The van der Waals surface area contributed by atoms with E-state index in [1.807, 2.05) is 24.3 Å². The Morgan fingerprint density at radius 1 is 1.03 bits per heavy atom. The van der Waals surface area contributed by atoms with Crippen molar-refractivity contribution in [2.75, 3.05) is 31.0 Å². The minimum Gasteiger partial charge on any atom is -0.497 e. The second kappa shape index (κ2) is 9.45. The predicted octanol–water partition coefficient (Wildman–Crippen LogP) is 4.38. The summed E-state index contributed by atoms with van der Waals surface area (Å²) >= 11 is 0. The topological polar surface area (TPSA) is 67.9 Å². The van der Waals surface area contributed by atoms with Gasteiger partial charge in [0, 0.05) is 31.6 Å². The van der Waals surface area contributed by atoms with Gasteiger partial charge in [-0.3, -0.25) is 9.59 Å². The second-order valence-corrected chi connectivity index (χ2v) is 7.80. The van der Waals surface area contributed by atoms with Gasteiger partial charge >= 0.3 is 0 Å². The van der Waals surface area contributed by atoms with Crippen LogP contribution in [0.3, 0.4) is 0 Å². The number of nitrogens with one attached hydrogen (secondary N) is 1. The number of nitrogens with zero attached hydrogens (tertiary/aromatic N) is 1. The molecule has 2 aromatic rings. The highest BCUT2D eigenvalue weighted by atomic mass is 16.5. The molecular formula is C23H30N2O4. The third kappa shape index (κ3) is 5.73. The zero-order valence-corrected chi connectivity index (χ0v) is 18.0. The zero-order chi connectivity index (χ0) is 21.6. The largest absolute Gasteiger partial charge is 0.497 e. The molecule has 0 atom stereocenters. The molecule has 2 aromatic carbocycles. The normalized spacial score (nSPS) is 11.0. The van der Waals surface area contributed by atoms with Gasteiger partial charge in [0.05, 0.1) is 19.9 Å². The van der Waals surface area contributed by atoms with Gasteiger partial charge in [-0.25, -0.2) is 0 Å². The lowest BCUT2D eigenvalue weighted by Crippen LogP contribution is -2.34. The highest BCUT2D eigenvalue weighted by molar-refractivity contribution is 5.96. The van der Waals surface area contributed by atoms with Crippen molar-refractivity contribution in [1.82, 2.24) is 0 Å². The molecule has 0 saturated carbocycles. The van der Waals surface area contributed by atoms with Crippen LogP contribution in [0.1, 0.15) is 39.7 Å². The monoisotopic (exact) mass is 398 g/mol. The van der Waals surface area contributed by atoms with E-state index in [2.05, 4.69) is 26.1 Å². The van der Waals surface area contributed by atoms with E-state index < -0.39 is 0 Å². The van der Waals surface area contributed by atoms with Gasteiger partial charge in [-0.15, -0.1) is 0 Å². The van der Waals surface area contributed by atoms with E-state index in [0.717, 1.165) is 11.3 Å². The molecule has 2 rings (SSSR count). The van der Waals surface area contributed by atoms with Gasteiger partial charge in [-0.1, -0.05) is 39.0 Å². The van der Waals surface area contributed by atoms with Gasteiger partial charge in [0.25, 0.3) is 0 Å². The predicted molar refractivity (Wildman–Crippen MR) is 116 cm³/mol. The first kappa shape index (κ1) is 22.3. The lowest BCUT2D eigenvalue weighted by Gasteiger charge is -2.29. The number of methoxy groups -OCH3 is 2. The number of amides is 2. The molecule has 0 heterocycles. The van der Waals surface area contributed by atoms with Crippen LogP contribution in [0, 0.1) is 0 Å². The molecule has 2 amide bonds. The van der Waals surface area contributed by atoms with Crippen molar-refractivity contribution in [2.24, 2.45) is 0 Å². The van der Waals surface area contributed by atoms with Gasteiger partial charge in [0.1, 0.15) is 11.5 Å². The summed E-state index contributed by atoms with van der Waals surface area (Å²) in [7, 11) is 3.10. The second-order valence-electron chi connectivity index (χ2n) is 7.80. The van der Waals surface area contributed by atoms with Crippen LogP contribution in [0.4, 0.5) is 11.4 Å². The number of ether oxygens (including phenoxy) is 2. The molecule has 0 aliphatic carbocycles. The quantitative estimate of drug-likeness (QED) is 0.751. The van der Waals surface area contributed by atoms with Crippen molar-refractivity contribution < 1.29 is 19.1 Å². The molecule has 1 N–H and O–H groups in total. The summed E-state index contributed by atoms with van der Waals surface area (Å²) < 4.78 is 10.5. The number of carbonyl (C=O) groups excluding carboxylic acids is 2. The molecule has 29 heavy (non-hydrogen) atoms. The van der Waals surface area contributed by atoms with Crippen molar-refractivity contribution in [3.8, 4) is 11.5 Å². The van der Waals surface area contributed by atoms with Crippen molar-refractivity contribution in [3.63, 3.8) is 0 Å². The third-order valence-corrected chi connectivity index (χ3v) is 4.63. The van der Waals surface area contributed by atoms with Crippen molar-refractivity contribution >= 4 is 23.2 Å². The van der Waals surface area contributed by atoms with Crippen LogP contribution in [0.15, 0.2) is 42.5 Å². The van der Waals surface area contributed by atoms with Gasteiger partial charge < -0.3 is 19.7 Å². The van der Waals surface area contributed by atoms with Gasteiger partial charge in [-0.05, 0) is 29.2 Å². The smallest absolute Gasteiger partial charge is 0.226 e. The van der Waals surface area contributed by atoms with E-state index in [0.29, 0.717) is 17.2 Å². The molecule has 156 valence electrons. The average molecular weight is 399 g/mol. The molecule has 0 fully saturated rings. The van der Waals surface area contributed by atoms with Crippen LogP contribution >= 0.6 is 0 Å². The summed E-state index contributed by atoms with van der Waals surface area (Å²) in [6.07, 6.45) is 0.151. The van der Waals surface area contributed by atoms with Crippen LogP contribution in [0.2, 0.25) is 0 Å². The van der Waals surface area contributed by atoms with E-state index in [9.17, 15) is 9.59 Å². The van der Waals surface area contributed by atoms with E-state index in [-0.39, 0.29) is 30.2 Å². The first-order valence-corrected chi connectivity index (χ1v) is 9.57. The summed E-state index contributed by atoms with van der Waals surface area (Å²) in [6, 6.07) is 13.0. The third-order valence-electron chi connectivity index (χ3n) is 4.63. The Labute approximate surface area is 172 Å². The summed E-state index contributed by atoms with van der Waals surface area (Å²) in [5, 5.41) is 2.84. The Kier molecular flexibility index (Phi) is 7.26. The van der Waals surface area contributed by atoms with Crippen molar-refractivity contribution in [2.45, 2.75) is 39.5 Å². The standard InChI is InChI=1S/C23H30N2O4/c1-16(26)25(20-10-8-7-9-18(20)23(2,3)4)14-13-22(27)24-19-15-17(28-5)11-12-21(19)29-6/h7-12,15H,13-14H2,1-6H3,(H,24,27). The molecule has 6 nitrogen and oxygen atoms in total. The Bertz CT molecular complexity index is 871. The number of anilines is 2. The van der Waals surface area contributed by atoms with E-state index >= 15 is 0 Å². The fourth-order valence-electron chi connectivity index (χ4n) is 3.13. The average Bonchev–Trinajstić information content (AvgIpc) is 2.67. The number of hydrogen-bond acceptors (Lipinski definition) is 4. The highest BCUT2D eigenvalue weighted by Crippen LogP contribution is 2.32. The minimum atomic E-state index is -0.212. The van der Waals surface area contributed by atoms with Crippen LogP contribution < -0.4 is 19.7 Å². The van der Waals surface area contributed by atoms with Gasteiger partial charge in [-0.2, -0.15) is 0 Å². The van der Waals surface area contributed by atoms with Gasteiger partial charge in [0.15, 0.2) is 0 Å². The molecule has 0 unspecified atom stereocenters. The number of hydrogen-bond donors (Lipinski definition) is 1. The lowest BCUT2D eigenvalue weighted by atomic mass is 9.85. The molecule has 0 radical (unpaired) electrons. The number of rotatable bonds is 7. The van der Waals surface area contributed by atoms with Gasteiger partial charge in [0.2, 0.25) is 11.8 Å². The molecule has 0 bridgehead atoms. The Balaban J connectivity index is 2.17. The molecule has 6 heteroatoms. The first-order chi connectivity index (χ1) is 13.7. The van der Waals surface area contributed by atoms with Crippen LogP contribution in [-0.4, -0.2) is 32.6 Å². The summed E-state index contributed by atoms with van der Waals surface area (Å²) in [6.45, 7) is 8.10. The Morgan fingerprint density at radius 2 is 1.72 bits per heavy atom. The maximum Gasteiger partial charge on any atom is 0.226 e. The number of para-hydroxylation sites is 1. The molecule has 0 saturated heterocycles. The molecular weight excluding hydrogens is 368 g/mol. The summed E-state index contributed by atoms with van der Waals surface area (Å²) in [4.78, 5) is 26.6. The number of carbonyl (C=O) groups is 2. The van der Waals surface area contributed by atoms with E-state index in [1.165, 1.54) is 6.92 Å². The maximum atomic E-state index is 12.6. The molecule has 0 aliphatic heterocycles. The van der Waals surface area contributed by atoms with Crippen LogP contribution in [-0.2, 0) is 15.0 Å². The fourth-order valence-corrected chi connectivity index (χ4v) is 3.13. The van der Waals surface area contributed by atoms with Crippen molar-refractivity contribution in [1.29, 1.82) is 0 Å².